The minimum Gasteiger partial charge on any atom is -0.439 e. The highest BCUT2D eigenvalue weighted by Gasteiger charge is 2.09. The van der Waals surface area contributed by atoms with E-state index in [-0.39, 0.29) is 5.91 Å². The Kier molecular flexibility index (Phi) is 3.60. The second kappa shape index (κ2) is 5.87. The third-order valence-electron chi connectivity index (χ3n) is 2.64. The molecule has 0 saturated carbocycles. The number of benzene rings is 1. The lowest BCUT2D eigenvalue weighted by molar-refractivity contribution is 0.102. The van der Waals surface area contributed by atoms with Crippen LogP contribution in [-0.2, 0) is 0 Å². The van der Waals surface area contributed by atoms with E-state index in [1.807, 2.05) is 6.07 Å². The first-order valence-electron chi connectivity index (χ1n) is 6.22. The molecule has 0 saturated heterocycles. The third kappa shape index (κ3) is 3.24. The number of hydrogen-bond acceptors (Lipinski definition) is 5. The van der Waals surface area contributed by atoms with Crippen molar-refractivity contribution in [3.8, 4) is 11.6 Å². The van der Waals surface area contributed by atoms with Gasteiger partial charge >= 0.3 is 0 Å². The number of carbonyl (C=O) groups excluding carboxylic acids is 1. The van der Waals surface area contributed by atoms with E-state index in [1.54, 1.807) is 48.7 Å². The fraction of sp³-hybridized carbons (Fsp3) is 0. The van der Waals surface area contributed by atoms with Crippen LogP contribution in [0.15, 0.2) is 65.5 Å². The lowest BCUT2D eigenvalue weighted by Crippen LogP contribution is -2.11. The molecule has 0 aliphatic rings. The van der Waals surface area contributed by atoms with Crippen LogP contribution in [0.4, 0.5) is 5.82 Å². The van der Waals surface area contributed by atoms with Crippen LogP contribution in [0.25, 0.3) is 0 Å². The first-order chi connectivity index (χ1) is 10.3. The number of pyridine rings is 1. The van der Waals surface area contributed by atoms with Gasteiger partial charge in [-0.1, -0.05) is 17.3 Å². The van der Waals surface area contributed by atoms with Crippen molar-refractivity contribution in [1.29, 1.82) is 0 Å². The van der Waals surface area contributed by atoms with Crippen molar-refractivity contribution in [3.05, 3.63) is 66.6 Å². The zero-order valence-electron chi connectivity index (χ0n) is 10.9. The summed E-state index contributed by atoms with van der Waals surface area (Å²) in [4.78, 5) is 16.1. The van der Waals surface area contributed by atoms with Crippen LogP contribution >= 0.6 is 0 Å². The molecule has 6 heteroatoms. The summed E-state index contributed by atoms with van der Waals surface area (Å²) in [5, 5.41) is 6.24. The predicted octanol–water partition coefficient (Wildman–Crippen LogP) is 3.11. The Balaban J connectivity index is 1.75. The van der Waals surface area contributed by atoms with Crippen molar-refractivity contribution in [2.75, 3.05) is 5.32 Å². The van der Waals surface area contributed by atoms with Crippen LogP contribution in [-0.4, -0.2) is 16.0 Å². The van der Waals surface area contributed by atoms with Crippen LogP contribution in [0.5, 0.6) is 11.6 Å². The van der Waals surface area contributed by atoms with Crippen LogP contribution in [0.2, 0.25) is 0 Å². The van der Waals surface area contributed by atoms with Gasteiger partial charge < -0.3 is 14.6 Å². The molecule has 3 rings (SSSR count). The molecule has 6 nitrogen and oxygen atoms in total. The molecule has 0 radical (unpaired) electrons. The summed E-state index contributed by atoms with van der Waals surface area (Å²) in [5.74, 6) is 1.06. The Morgan fingerprint density at radius 3 is 2.86 bits per heavy atom. The average Bonchev–Trinajstić information content (AvgIpc) is 3.01. The maximum absolute atomic E-state index is 12.1. The first kappa shape index (κ1) is 12.9. The highest BCUT2D eigenvalue weighted by Crippen LogP contribution is 2.20. The van der Waals surface area contributed by atoms with E-state index in [9.17, 15) is 4.79 Å². The third-order valence-corrected chi connectivity index (χ3v) is 2.64. The molecule has 3 aromatic rings. The number of nitrogens with zero attached hydrogens (tertiary/aromatic N) is 2. The largest absolute Gasteiger partial charge is 0.439 e. The molecule has 0 aliphatic carbocycles. The molecule has 0 fully saturated rings. The van der Waals surface area contributed by atoms with Crippen LogP contribution in [0, 0.1) is 0 Å². The van der Waals surface area contributed by atoms with E-state index in [2.05, 4.69) is 20.0 Å². The van der Waals surface area contributed by atoms with Gasteiger partial charge in [0.2, 0.25) is 5.88 Å². The van der Waals surface area contributed by atoms with Gasteiger partial charge in [-0.2, -0.15) is 0 Å². The summed E-state index contributed by atoms with van der Waals surface area (Å²) in [5.41, 5.74) is 0.450. The maximum Gasteiger partial charge on any atom is 0.257 e. The molecular weight excluding hydrogens is 270 g/mol. The van der Waals surface area contributed by atoms with Crippen molar-refractivity contribution in [2.24, 2.45) is 0 Å². The van der Waals surface area contributed by atoms with Gasteiger partial charge in [0.1, 0.15) is 12.0 Å². The predicted molar refractivity (Wildman–Crippen MR) is 75.2 cm³/mol. The number of rotatable bonds is 4. The van der Waals surface area contributed by atoms with Crippen molar-refractivity contribution < 1.29 is 14.1 Å². The summed E-state index contributed by atoms with van der Waals surface area (Å²) in [6.45, 7) is 0. The smallest absolute Gasteiger partial charge is 0.257 e. The highest BCUT2D eigenvalue weighted by atomic mass is 16.5. The van der Waals surface area contributed by atoms with Crippen molar-refractivity contribution >= 4 is 11.7 Å². The topological polar surface area (TPSA) is 77.2 Å². The molecule has 0 atom stereocenters. The van der Waals surface area contributed by atoms with Gasteiger partial charge in [-0.05, 0) is 24.3 Å². The zero-order chi connectivity index (χ0) is 14.5. The molecule has 104 valence electrons. The Morgan fingerprint density at radius 2 is 2.10 bits per heavy atom. The first-order valence-corrected chi connectivity index (χ1v) is 6.22. The summed E-state index contributed by atoms with van der Waals surface area (Å²) >= 11 is 0. The quantitative estimate of drug-likeness (QED) is 0.795. The SMILES string of the molecule is O=C(Nc1ccon1)c1cccc(Oc2ccccn2)c1. The second-order valence-electron chi connectivity index (χ2n) is 4.14. The molecule has 0 spiro atoms. The zero-order valence-corrected chi connectivity index (χ0v) is 10.9. The molecule has 0 aliphatic heterocycles. The normalized spacial score (nSPS) is 10.1. The number of ether oxygens (including phenoxy) is 1. The molecule has 0 unspecified atom stereocenters. The summed E-state index contributed by atoms with van der Waals surface area (Å²) in [6.07, 6.45) is 3.02. The molecule has 1 aromatic carbocycles. The molecule has 1 N–H and O–H groups in total. The molecule has 1 amide bonds. The van der Waals surface area contributed by atoms with Crippen molar-refractivity contribution in [2.45, 2.75) is 0 Å². The van der Waals surface area contributed by atoms with Gasteiger partial charge in [0.25, 0.3) is 5.91 Å². The average molecular weight is 281 g/mol. The summed E-state index contributed by atoms with van der Waals surface area (Å²) in [7, 11) is 0. The number of aromatic nitrogens is 2. The Morgan fingerprint density at radius 1 is 1.14 bits per heavy atom. The monoisotopic (exact) mass is 281 g/mol. The van der Waals surface area contributed by atoms with E-state index in [4.69, 9.17) is 4.74 Å². The standard InChI is InChI=1S/C15H11N3O3/c19-15(17-13-7-9-20-18-13)11-4-3-5-12(10-11)21-14-6-1-2-8-16-14/h1-10H,(H,17,18,19). The minimum atomic E-state index is -0.296. The Bertz CT molecular complexity index is 727. The number of carbonyl (C=O) groups is 1. The Labute approximate surface area is 120 Å². The number of amides is 1. The lowest BCUT2D eigenvalue weighted by atomic mass is 10.2. The number of nitrogens with one attached hydrogen (secondary N) is 1. The van der Waals surface area contributed by atoms with Gasteiger partial charge in [-0.15, -0.1) is 0 Å². The fourth-order valence-corrected chi connectivity index (χ4v) is 1.69. The van der Waals surface area contributed by atoms with Gasteiger partial charge in [-0.3, -0.25) is 4.79 Å². The van der Waals surface area contributed by atoms with E-state index >= 15 is 0 Å². The highest BCUT2D eigenvalue weighted by molar-refractivity contribution is 6.03. The fourth-order valence-electron chi connectivity index (χ4n) is 1.69. The molecule has 0 bridgehead atoms. The van der Waals surface area contributed by atoms with Crippen LogP contribution < -0.4 is 10.1 Å². The van der Waals surface area contributed by atoms with Gasteiger partial charge in [-0.25, -0.2) is 4.98 Å². The minimum absolute atomic E-state index is 0.296. The van der Waals surface area contributed by atoms with Gasteiger partial charge in [0.05, 0.1) is 0 Å². The maximum atomic E-state index is 12.1. The number of hydrogen-bond donors (Lipinski definition) is 1. The molecular formula is C15H11N3O3. The summed E-state index contributed by atoms with van der Waals surface area (Å²) in [6, 6.07) is 13.7. The second-order valence-corrected chi connectivity index (χ2v) is 4.14. The van der Waals surface area contributed by atoms with Gasteiger partial charge in [0, 0.05) is 23.9 Å². The van der Waals surface area contributed by atoms with E-state index in [0.29, 0.717) is 23.0 Å². The van der Waals surface area contributed by atoms with Crippen LogP contribution in [0.3, 0.4) is 0 Å². The molecule has 2 heterocycles. The van der Waals surface area contributed by atoms with Crippen molar-refractivity contribution in [1.82, 2.24) is 10.1 Å². The summed E-state index contributed by atoms with van der Waals surface area (Å²) < 4.78 is 10.2. The van der Waals surface area contributed by atoms with Crippen LogP contribution in [0.1, 0.15) is 10.4 Å². The molecule has 2 aromatic heterocycles. The number of anilines is 1. The molecule has 21 heavy (non-hydrogen) atoms. The van der Waals surface area contributed by atoms with E-state index in [1.165, 1.54) is 6.26 Å². The van der Waals surface area contributed by atoms with E-state index < -0.39 is 0 Å². The van der Waals surface area contributed by atoms with E-state index in [0.717, 1.165) is 0 Å². The Hall–Kier alpha value is -3.15. The van der Waals surface area contributed by atoms with Crippen molar-refractivity contribution in [3.63, 3.8) is 0 Å². The van der Waals surface area contributed by atoms with Gasteiger partial charge in [0.15, 0.2) is 5.82 Å². The lowest BCUT2D eigenvalue weighted by Gasteiger charge is -2.06.